The summed E-state index contributed by atoms with van der Waals surface area (Å²) in [5.41, 5.74) is 35.5. The maximum atomic E-state index is 2.80. The van der Waals surface area contributed by atoms with Crippen LogP contribution in [0.25, 0.3) is 38.0 Å². The molecule has 5 heterocycles. The van der Waals surface area contributed by atoms with Crippen molar-refractivity contribution < 1.29 is 0 Å². The van der Waals surface area contributed by atoms with E-state index >= 15 is 0 Å². The first kappa shape index (κ1) is 51.8. The zero-order valence-corrected chi connectivity index (χ0v) is 52.4. The Kier molecular flexibility index (Phi) is 10.5. The van der Waals surface area contributed by atoms with Crippen molar-refractivity contribution in [3.8, 4) is 22.3 Å². The smallest absolute Gasteiger partial charge is 0.264 e. The molecule has 0 atom stereocenters. The van der Waals surface area contributed by atoms with Gasteiger partial charge in [0, 0.05) is 76.8 Å². The SMILES string of the molecule is CC1=C(c2cc3c(cc2C)C(C)(C)c2ccccc2-3)N2c3ccc(C(C)(C)C)cc3B3c4sc5cc6c(cc5c4N(c4ccc(C(C)(C)C)cc4)c4cc5c(c2c43)B1c1ccccc1N5c1ccc(C(C)(C)C)cc1)-c1ccccc1C6(C)C. The number of benzene rings is 9. The van der Waals surface area contributed by atoms with Crippen LogP contribution >= 0.6 is 11.3 Å². The largest absolute Gasteiger partial charge is 0.312 e. The summed E-state index contributed by atoms with van der Waals surface area (Å²) in [4.78, 5) is 8.14. The Morgan fingerprint density at radius 3 is 1.52 bits per heavy atom. The van der Waals surface area contributed by atoms with E-state index in [1.54, 1.807) is 0 Å². The average molecular weight is 1110 g/mol. The van der Waals surface area contributed by atoms with Crippen molar-refractivity contribution in [1.29, 1.82) is 0 Å². The highest BCUT2D eigenvalue weighted by molar-refractivity contribution is 7.34. The molecule has 0 fully saturated rings. The molecule has 0 amide bonds. The third kappa shape index (κ3) is 6.89. The summed E-state index contributed by atoms with van der Waals surface area (Å²) in [6.45, 7) is 35.6. The molecule has 10 aromatic rings. The minimum Gasteiger partial charge on any atom is -0.312 e. The molecule has 3 nitrogen and oxygen atoms in total. The number of anilines is 8. The lowest BCUT2D eigenvalue weighted by Crippen LogP contribution is -2.66. The number of hydrogen-bond acceptors (Lipinski definition) is 4. The van der Waals surface area contributed by atoms with E-state index in [1.807, 2.05) is 11.3 Å². The van der Waals surface area contributed by atoms with Gasteiger partial charge < -0.3 is 14.7 Å². The Balaban J connectivity index is 1.07. The molecule has 0 spiro atoms. The Hall–Kier alpha value is -7.79. The Morgan fingerprint density at radius 2 is 0.905 bits per heavy atom. The van der Waals surface area contributed by atoms with Crippen LogP contribution in [0, 0.1) is 6.92 Å². The number of allylic oxidation sites excluding steroid dienone is 1. The van der Waals surface area contributed by atoms with Crippen molar-refractivity contribution in [3.05, 3.63) is 225 Å². The standard InChI is InChI=1S/C78H73B2N3S/c1-44-38-59-54(51-22-16-18-24-57(51)77(59,12)13)40-53(44)70-45(2)79-61-26-20-21-27-63(61)81(49-33-28-46(29-34-49)74(3,4)5)65-43-66-69-72(68(65)79)83(70)64-37-32-48(76(9,10)11)39-62(64)80(69)73-71(82(66)50-35-30-47(31-36-50)75(6,7)8)56-41-55-52-23-17-19-25-58(52)78(14,15)60(55)42-67(56)84-73/h16-43H,1-15H3. The molecular weight excluding hydrogens is 1030 g/mol. The predicted molar refractivity (Wildman–Crippen MR) is 364 cm³/mol. The fourth-order valence-electron chi connectivity index (χ4n) is 16.1. The summed E-state index contributed by atoms with van der Waals surface area (Å²) in [7, 11) is 0. The molecule has 0 unspecified atom stereocenters. The van der Waals surface area contributed by atoms with Crippen molar-refractivity contribution in [2.75, 3.05) is 14.7 Å². The second-order valence-corrected chi connectivity index (χ2v) is 30.5. The van der Waals surface area contributed by atoms with Gasteiger partial charge in [-0.15, -0.1) is 11.3 Å². The highest BCUT2D eigenvalue weighted by atomic mass is 32.1. The van der Waals surface area contributed by atoms with E-state index in [0.717, 1.165) is 0 Å². The molecule has 0 saturated carbocycles. The van der Waals surface area contributed by atoms with Crippen LogP contribution in [0.5, 0.6) is 0 Å². The lowest BCUT2D eigenvalue weighted by atomic mass is 9.29. The monoisotopic (exact) mass is 1110 g/mol. The fourth-order valence-corrected chi connectivity index (χ4v) is 17.5. The maximum absolute atomic E-state index is 2.80. The van der Waals surface area contributed by atoms with Crippen LogP contribution in [-0.4, -0.2) is 13.4 Å². The van der Waals surface area contributed by atoms with E-state index in [4.69, 9.17) is 0 Å². The number of nitrogens with zero attached hydrogens (tertiary/aromatic N) is 3. The topological polar surface area (TPSA) is 9.72 Å². The molecule has 0 bridgehead atoms. The van der Waals surface area contributed by atoms with Gasteiger partial charge in [0.05, 0.1) is 5.69 Å². The van der Waals surface area contributed by atoms with Crippen LogP contribution in [-0.2, 0) is 27.1 Å². The highest BCUT2D eigenvalue weighted by Gasteiger charge is 2.54. The van der Waals surface area contributed by atoms with Crippen molar-refractivity contribution in [2.45, 2.75) is 131 Å². The van der Waals surface area contributed by atoms with Gasteiger partial charge in [0.1, 0.15) is 0 Å². The summed E-state index contributed by atoms with van der Waals surface area (Å²) in [6, 6.07) is 67.4. The van der Waals surface area contributed by atoms with E-state index in [2.05, 4.69) is 288 Å². The van der Waals surface area contributed by atoms with E-state index in [-0.39, 0.29) is 40.5 Å². The van der Waals surface area contributed by atoms with Gasteiger partial charge in [-0.3, -0.25) is 0 Å². The third-order valence-corrected chi connectivity index (χ3v) is 21.8. The van der Waals surface area contributed by atoms with Gasteiger partial charge in [-0.25, -0.2) is 0 Å². The van der Waals surface area contributed by atoms with E-state index in [0.29, 0.717) is 0 Å². The van der Waals surface area contributed by atoms with Crippen molar-refractivity contribution >= 4 is 113 Å². The summed E-state index contributed by atoms with van der Waals surface area (Å²) < 4.78 is 2.76. The Morgan fingerprint density at radius 1 is 0.393 bits per heavy atom. The molecule has 16 rings (SSSR count). The maximum Gasteiger partial charge on any atom is 0.264 e. The first-order valence-corrected chi connectivity index (χ1v) is 31.5. The van der Waals surface area contributed by atoms with Gasteiger partial charge in [-0.2, -0.15) is 0 Å². The molecule has 412 valence electrons. The molecule has 1 aromatic heterocycles. The quantitative estimate of drug-likeness (QED) is 0.163. The summed E-state index contributed by atoms with van der Waals surface area (Å²) >= 11 is 2.04. The number of aryl methyl sites for hydroxylation is 1. The number of rotatable bonds is 3. The normalized spacial score (nSPS) is 16.3. The lowest BCUT2D eigenvalue weighted by molar-refractivity contribution is 0.590. The van der Waals surface area contributed by atoms with Crippen molar-refractivity contribution in [2.24, 2.45) is 0 Å². The number of thiophene rings is 1. The molecule has 2 aliphatic carbocycles. The van der Waals surface area contributed by atoms with Crippen LogP contribution in [0.4, 0.5) is 45.5 Å². The molecule has 9 aromatic carbocycles. The second-order valence-electron chi connectivity index (χ2n) is 29.4. The van der Waals surface area contributed by atoms with E-state index in [1.165, 1.54) is 166 Å². The van der Waals surface area contributed by atoms with Gasteiger partial charge in [-0.1, -0.05) is 205 Å². The fraction of sp³-hybridized carbons (Fsp3) is 0.256. The first-order chi connectivity index (χ1) is 39.9. The highest BCUT2D eigenvalue weighted by Crippen LogP contribution is 2.58. The zero-order valence-electron chi connectivity index (χ0n) is 51.6. The predicted octanol–water partition coefficient (Wildman–Crippen LogP) is 17.8. The molecule has 0 radical (unpaired) electrons. The number of hydrogen-bond donors (Lipinski definition) is 0. The minimum atomic E-state index is -0.133. The molecule has 0 saturated heterocycles. The van der Waals surface area contributed by atoms with Crippen LogP contribution < -0.4 is 41.3 Å². The molecular formula is C78H73B2N3S. The molecule has 0 N–H and O–H groups in total. The van der Waals surface area contributed by atoms with Gasteiger partial charge in [-0.05, 0) is 179 Å². The van der Waals surface area contributed by atoms with Gasteiger partial charge in [0.25, 0.3) is 6.71 Å². The zero-order chi connectivity index (χ0) is 58.2. The Labute approximate surface area is 502 Å². The summed E-state index contributed by atoms with van der Waals surface area (Å²) in [6.07, 6.45) is 0. The third-order valence-electron chi connectivity index (χ3n) is 20.6. The number of fused-ring (bicyclic) bond motifs is 15. The average Bonchev–Trinajstić information content (AvgIpc) is 0.858. The second kappa shape index (κ2) is 17.0. The minimum absolute atomic E-state index is 0.00894. The van der Waals surface area contributed by atoms with Crippen molar-refractivity contribution in [3.63, 3.8) is 0 Å². The van der Waals surface area contributed by atoms with Gasteiger partial charge in [0.15, 0.2) is 0 Å². The van der Waals surface area contributed by atoms with Crippen LogP contribution in [0.1, 0.15) is 147 Å². The molecule has 6 heteroatoms. The molecule has 6 aliphatic rings. The van der Waals surface area contributed by atoms with Crippen LogP contribution in [0.3, 0.4) is 0 Å². The van der Waals surface area contributed by atoms with E-state index in [9.17, 15) is 0 Å². The first-order valence-electron chi connectivity index (χ1n) is 30.7. The van der Waals surface area contributed by atoms with Gasteiger partial charge >= 0.3 is 0 Å². The molecule has 4 aliphatic heterocycles. The van der Waals surface area contributed by atoms with Crippen LogP contribution in [0.2, 0.25) is 0 Å². The molecule has 84 heavy (non-hydrogen) atoms. The van der Waals surface area contributed by atoms with Gasteiger partial charge in [0.2, 0.25) is 6.71 Å². The lowest BCUT2D eigenvalue weighted by Gasteiger charge is -2.51. The summed E-state index contributed by atoms with van der Waals surface area (Å²) in [5.74, 6) is 0. The summed E-state index contributed by atoms with van der Waals surface area (Å²) in [5, 5.41) is 1.32. The van der Waals surface area contributed by atoms with Crippen LogP contribution in [0.15, 0.2) is 175 Å². The van der Waals surface area contributed by atoms with E-state index < -0.39 is 0 Å². The Bertz CT molecular complexity index is 4590. The number of para-hydroxylation sites is 1. The van der Waals surface area contributed by atoms with Crippen molar-refractivity contribution in [1.82, 2.24) is 0 Å².